The number of allylic oxidation sites excluding steroid dienone is 2. The van der Waals surface area contributed by atoms with Gasteiger partial charge in [-0.15, -0.1) is 0 Å². The molecule has 2 heterocycles. The van der Waals surface area contributed by atoms with Crippen molar-refractivity contribution < 1.29 is 19.2 Å². The molecule has 5 aromatic rings. The number of fused-ring (bicyclic) bond motifs is 2. The van der Waals surface area contributed by atoms with Gasteiger partial charge in [-0.3, -0.25) is 29.0 Å². The Morgan fingerprint density at radius 2 is 0.833 bits per heavy atom. The van der Waals surface area contributed by atoms with Gasteiger partial charge in [0, 0.05) is 45.3 Å². The standard InChI is InChI=1S/C40H30N4O4/c1-25(35-37(45)31-20-9-11-22-33(31)43(39(35)47)29-16-5-3-6-17-29)41-27-14-13-15-28(24-27)42-26(2)36-38(46)32-21-10-12-23-34(32)44(40(36)48)30-18-7-4-8-19-30/h3-24,41-42H,1-2H3/b35-25-,36-26-. The van der Waals surface area contributed by atoms with Crippen molar-refractivity contribution >= 4 is 57.5 Å². The third-order valence-electron chi connectivity index (χ3n) is 8.37. The Bertz CT molecular complexity index is 2040. The van der Waals surface area contributed by atoms with Crippen molar-refractivity contribution in [2.45, 2.75) is 13.8 Å². The number of hydrogen-bond donors (Lipinski definition) is 2. The molecule has 0 aliphatic carbocycles. The Balaban J connectivity index is 1.21. The van der Waals surface area contributed by atoms with E-state index in [1.165, 1.54) is 0 Å². The van der Waals surface area contributed by atoms with Crippen molar-refractivity contribution in [2.75, 3.05) is 20.4 Å². The van der Waals surface area contributed by atoms with E-state index in [1.807, 2.05) is 72.8 Å². The van der Waals surface area contributed by atoms with E-state index in [4.69, 9.17) is 0 Å². The summed E-state index contributed by atoms with van der Waals surface area (Å²) >= 11 is 0. The molecule has 0 atom stereocenters. The molecule has 0 unspecified atom stereocenters. The van der Waals surface area contributed by atoms with Crippen molar-refractivity contribution in [3.05, 3.63) is 167 Å². The molecule has 0 saturated heterocycles. The van der Waals surface area contributed by atoms with Crippen molar-refractivity contribution in [1.82, 2.24) is 0 Å². The quantitative estimate of drug-likeness (QED) is 0.145. The van der Waals surface area contributed by atoms with Crippen molar-refractivity contribution in [2.24, 2.45) is 0 Å². The summed E-state index contributed by atoms with van der Waals surface area (Å²) in [7, 11) is 0. The SMILES string of the molecule is C/C(Nc1cccc(N/C(C)=C2/C(=O)c3ccccc3N(c3ccccc3)C2=O)c1)=C1\C(=O)c2ccccc2N(c2ccccc2)C1=O. The Morgan fingerprint density at radius 1 is 0.458 bits per heavy atom. The first-order valence-corrected chi connectivity index (χ1v) is 15.5. The lowest BCUT2D eigenvalue weighted by Gasteiger charge is -2.31. The van der Waals surface area contributed by atoms with E-state index in [-0.39, 0.29) is 22.7 Å². The predicted molar refractivity (Wildman–Crippen MR) is 188 cm³/mol. The van der Waals surface area contributed by atoms with Crippen LogP contribution in [-0.2, 0) is 9.59 Å². The third-order valence-corrected chi connectivity index (χ3v) is 8.37. The molecule has 2 aliphatic heterocycles. The molecule has 0 spiro atoms. The van der Waals surface area contributed by atoms with Gasteiger partial charge in [-0.1, -0.05) is 66.7 Å². The summed E-state index contributed by atoms with van der Waals surface area (Å²) in [5.41, 5.74) is 5.30. The average molecular weight is 631 g/mol. The Labute approximate surface area is 277 Å². The molecule has 0 saturated carbocycles. The number of carbonyl (C=O) groups excluding carboxylic acids is 4. The number of hydrogen-bond acceptors (Lipinski definition) is 6. The highest BCUT2D eigenvalue weighted by Gasteiger charge is 2.38. The minimum Gasteiger partial charge on any atom is -0.358 e. The van der Waals surface area contributed by atoms with Crippen LogP contribution in [0, 0.1) is 0 Å². The highest BCUT2D eigenvalue weighted by atomic mass is 16.2. The third kappa shape index (κ3) is 5.25. The molecular weight excluding hydrogens is 600 g/mol. The second-order valence-electron chi connectivity index (χ2n) is 11.5. The molecule has 2 N–H and O–H groups in total. The summed E-state index contributed by atoms with van der Waals surface area (Å²) in [4.78, 5) is 58.3. The number of nitrogens with one attached hydrogen (secondary N) is 2. The Morgan fingerprint density at radius 3 is 1.25 bits per heavy atom. The number of para-hydroxylation sites is 4. The summed E-state index contributed by atoms with van der Waals surface area (Å²) in [6.45, 7) is 3.40. The molecule has 5 aromatic carbocycles. The van der Waals surface area contributed by atoms with Crippen LogP contribution < -0.4 is 20.4 Å². The minimum absolute atomic E-state index is 0.0345. The smallest absolute Gasteiger partial charge is 0.268 e. The summed E-state index contributed by atoms with van der Waals surface area (Å²) in [5.74, 6) is -1.58. The molecule has 2 aliphatic rings. The Hall–Kier alpha value is -6.54. The zero-order valence-electron chi connectivity index (χ0n) is 26.2. The normalized spacial score (nSPS) is 16.3. The number of benzene rings is 5. The molecule has 2 amide bonds. The van der Waals surface area contributed by atoms with Gasteiger partial charge in [0.1, 0.15) is 11.1 Å². The van der Waals surface area contributed by atoms with Gasteiger partial charge in [0.2, 0.25) is 11.6 Å². The van der Waals surface area contributed by atoms with E-state index in [0.29, 0.717) is 56.6 Å². The fraction of sp³-hybridized carbons (Fsp3) is 0.0500. The topological polar surface area (TPSA) is 98.8 Å². The van der Waals surface area contributed by atoms with Crippen LogP contribution >= 0.6 is 0 Å². The fourth-order valence-corrected chi connectivity index (χ4v) is 6.19. The van der Waals surface area contributed by atoms with Crippen molar-refractivity contribution in [1.29, 1.82) is 0 Å². The van der Waals surface area contributed by atoms with Crippen LogP contribution in [0.3, 0.4) is 0 Å². The summed E-state index contributed by atoms with van der Waals surface area (Å²) in [5, 5.41) is 6.48. The number of Topliss-reactive ketones (excluding diaryl/α,β-unsaturated/α-hetero) is 2. The largest absolute Gasteiger partial charge is 0.358 e. The lowest BCUT2D eigenvalue weighted by molar-refractivity contribution is -0.115. The highest BCUT2D eigenvalue weighted by Crippen LogP contribution is 2.39. The van der Waals surface area contributed by atoms with Gasteiger partial charge < -0.3 is 10.6 Å². The molecule has 0 fully saturated rings. The van der Waals surface area contributed by atoms with Crippen LogP contribution in [0.15, 0.2) is 156 Å². The maximum Gasteiger partial charge on any atom is 0.268 e. The van der Waals surface area contributed by atoms with E-state index >= 15 is 0 Å². The van der Waals surface area contributed by atoms with E-state index < -0.39 is 11.8 Å². The maximum absolute atomic E-state index is 13.9. The number of carbonyl (C=O) groups is 4. The zero-order chi connectivity index (χ0) is 33.4. The first-order valence-electron chi connectivity index (χ1n) is 15.5. The molecule has 0 radical (unpaired) electrons. The van der Waals surface area contributed by atoms with E-state index in [1.54, 1.807) is 84.3 Å². The molecule has 48 heavy (non-hydrogen) atoms. The van der Waals surface area contributed by atoms with Crippen LogP contribution in [0.2, 0.25) is 0 Å². The van der Waals surface area contributed by atoms with Gasteiger partial charge in [-0.25, -0.2) is 0 Å². The van der Waals surface area contributed by atoms with Gasteiger partial charge >= 0.3 is 0 Å². The van der Waals surface area contributed by atoms with Gasteiger partial charge in [-0.2, -0.15) is 0 Å². The molecule has 0 bridgehead atoms. The van der Waals surface area contributed by atoms with Gasteiger partial charge in [-0.05, 0) is 80.6 Å². The van der Waals surface area contributed by atoms with E-state index in [0.717, 1.165) is 0 Å². The molecule has 8 heteroatoms. The first kappa shape index (κ1) is 30.1. The van der Waals surface area contributed by atoms with E-state index in [2.05, 4.69) is 10.6 Å². The van der Waals surface area contributed by atoms with Crippen molar-refractivity contribution in [3.63, 3.8) is 0 Å². The number of amides is 2. The molecule has 7 rings (SSSR count). The second-order valence-corrected chi connectivity index (χ2v) is 11.5. The predicted octanol–water partition coefficient (Wildman–Crippen LogP) is 8.18. The molecule has 0 aromatic heterocycles. The van der Waals surface area contributed by atoms with Crippen LogP contribution in [-0.4, -0.2) is 23.4 Å². The zero-order valence-corrected chi connectivity index (χ0v) is 26.2. The lowest BCUT2D eigenvalue weighted by Crippen LogP contribution is -2.37. The van der Waals surface area contributed by atoms with Gasteiger partial charge in [0.15, 0.2) is 0 Å². The van der Waals surface area contributed by atoms with Crippen LogP contribution in [0.25, 0.3) is 0 Å². The molecule has 234 valence electrons. The molecular formula is C40H30N4O4. The van der Waals surface area contributed by atoms with Gasteiger partial charge in [0.25, 0.3) is 11.8 Å². The highest BCUT2D eigenvalue weighted by molar-refractivity contribution is 6.37. The number of rotatable bonds is 6. The second kappa shape index (κ2) is 12.3. The average Bonchev–Trinajstić information content (AvgIpc) is 3.09. The monoisotopic (exact) mass is 630 g/mol. The lowest BCUT2D eigenvalue weighted by atomic mass is 9.93. The fourth-order valence-electron chi connectivity index (χ4n) is 6.19. The minimum atomic E-state index is -0.428. The van der Waals surface area contributed by atoms with Crippen LogP contribution in [0.1, 0.15) is 34.6 Å². The molecule has 8 nitrogen and oxygen atoms in total. The van der Waals surface area contributed by atoms with Crippen molar-refractivity contribution in [3.8, 4) is 0 Å². The summed E-state index contributed by atoms with van der Waals surface area (Å²) in [6.07, 6.45) is 0. The number of anilines is 6. The Kier molecular flexibility index (Phi) is 7.74. The van der Waals surface area contributed by atoms with E-state index in [9.17, 15) is 19.2 Å². The van der Waals surface area contributed by atoms with Crippen LogP contribution in [0.5, 0.6) is 0 Å². The van der Waals surface area contributed by atoms with Gasteiger partial charge in [0.05, 0.1) is 11.4 Å². The maximum atomic E-state index is 13.9. The number of nitrogens with zero attached hydrogens (tertiary/aromatic N) is 2. The summed E-state index contributed by atoms with van der Waals surface area (Å²) in [6, 6.07) is 39.8. The number of ketones is 2. The summed E-state index contributed by atoms with van der Waals surface area (Å²) < 4.78 is 0. The first-order chi connectivity index (χ1) is 23.3. The van der Waals surface area contributed by atoms with Crippen LogP contribution in [0.4, 0.5) is 34.1 Å².